The van der Waals surface area contributed by atoms with Crippen molar-refractivity contribution in [3.05, 3.63) is 64.6 Å². The van der Waals surface area contributed by atoms with Crippen LogP contribution in [0.1, 0.15) is 4.88 Å². The van der Waals surface area contributed by atoms with Crippen LogP contribution in [0.3, 0.4) is 0 Å². The van der Waals surface area contributed by atoms with Crippen molar-refractivity contribution >= 4 is 27.7 Å². The standard InChI is InChI=1S/C11H10S.C8H10FNOS/c1-9-7-8-11(12-9)10-5-3-2-4-6-10;9-7-1-2-8(12-7)10-3-5-11-6-4-10/h2-8H,1H3;1-2H,3-6H2. The van der Waals surface area contributed by atoms with E-state index in [0.717, 1.165) is 31.3 Å². The Morgan fingerprint density at radius 3 is 2.25 bits per heavy atom. The van der Waals surface area contributed by atoms with Crippen molar-refractivity contribution in [3.63, 3.8) is 0 Å². The summed E-state index contributed by atoms with van der Waals surface area (Å²) in [5.41, 5.74) is 1.32. The Morgan fingerprint density at radius 2 is 1.67 bits per heavy atom. The SMILES string of the molecule is Cc1ccc(-c2ccccc2)s1.Fc1ccc(N2CCOCC2)s1. The lowest BCUT2D eigenvalue weighted by molar-refractivity contribution is 0.123. The van der Waals surface area contributed by atoms with E-state index in [1.54, 1.807) is 0 Å². The van der Waals surface area contributed by atoms with Crippen LogP contribution in [0, 0.1) is 12.1 Å². The molecule has 24 heavy (non-hydrogen) atoms. The fourth-order valence-corrected chi connectivity index (χ4v) is 4.11. The molecule has 126 valence electrons. The second-order valence-corrected chi connectivity index (χ2v) is 7.75. The van der Waals surface area contributed by atoms with Crippen molar-refractivity contribution in [1.29, 1.82) is 0 Å². The maximum Gasteiger partial charge on any atom is 0.178 e. The van der Waals surface area contributed by atoms with Gasteiger partial charge in [-0.3, -0.25) is 0 Å². The zero-order valence-electron chi connectivity index (χ0n) is 13.6. The molecule has 1 aromatic carbocycles. The minimum atomic E-state index is -0.114. The molecule has 3 heterocycles. The molecule has 0 radical (unpaired) electrons. The second kappa shape index (κ2) is 8.42. The molecule has 1 aliphatic rings. The number of nitrogens with zero attached hydrogens (tertiary/aromatic N) is 1. The summed E-state index contributed by atoms with van der Waals surface area (Å²) >= 11 is 3.04. The van der Waals surface area contributed by atoms with E-state index in [1.165, 1.54) is 32.7 Å². The lowest BCUT2D eigenvalue weighted by atomic mass is 10.2. The first-order chi connectivity index (χ1) is 11.7. The van der Waals surface area contributed by atoms with Crippen molar-refractivity contribution in [2.45, 2.75) is 6.92 Å². The lowest BCUT2D eigenvalue weighted by Gasteiger charge is -2.26. The third-order valence-electron chi connectivity index (χ3n) is 3.68. The van der Waals surface area contributed by atoms with E-state index in [0.29, 0.717) is 0 Å². The predicted octanol–water partition coefficient (Wildman–Crippen LogP) is 5.45. The number of ether oxygens (including phenoxy) is 1. The molecule has 0 bridgehead atoms. The zero-order valence-corrected chi connectivity index (χ0v) is 15.2. The van der Waals surface area contributed by atoms with E-state index in [9.17, 15) is 4.39 Å². The van der Waals surface area contributed by atoms with Gasteiger partial charge in [0.05, 0.1) is 18.2 Å². The number of anilines is 1. The van der Waals surface area contributed by atoms with Gasteiger partial charge in [-0.05, 0) is 36.8 Å². The number of halogens is 1. The van der Waals surface area contributed by atoms with E-state index in [2.05, 4.69) is 48.2 Å². The van der Waals surface area contributed by atoms with Crippen molar-refractivity contribution in [2.24, 2.45) is 0 Å². The lowest BCUT2D eigenvalue weighted by Crippen LogP contribution is -2.35. The van der Waals surface area contributed by atoms with E-state index >= 15 is 0 Å². The molecule has 0 unspecified atom stereocenters. The Bertz CT molecular complexity index is 748. The van der Waals surface area contributed by atoms with Crippen LogP contribution in [-0.2, 0) is 4.74 Å². The van der Waals surface area contributed by atoms with E-state index in [-0.39, 0.29) is 5.13 Å². The summed E-state index contributed by atoms with van der Waals surface area (Å²) in [6.45, 7) is 5.38. The average Bonchev–Trinajstić information content (AvgIpc) is 3.26. The monoisotopic (exact) mass is 361 g/mol. The number of hydrogen-bond donors (Lipinski definition) is 0. The molecule has 3 aromatic rings. The topological polar surface area (TPSA) is 12.5 Å². The number of hydrogen-bond acceptors (Lipinski definition) is 4. The molecular weight excluding hydrogens is 341 g/mol. The van der Waals surface area contributed by atoms with E-state index in [4.69, 9.17) is 4.74 Å². The quantitative estimate of drug-likeness (QED) is 0.602. The minimum absolute atomic E-state index is 0.114. The molecule has 0 N–H and O–H groups in total. The minimum Gasteiger partial charge on any atom is -0.378 e. The maximum atomic E-state index is 12.6. The first kappa shape index (κ1) is 17.1. The van der Waals surface area contributed by atoms with Crippen LogP contribution in [0.25, 0.3) is 10.4 Å². The highest BCUT2D eigenvalue weighted by Gasteiger charge is 2.12. The van der Waals surface area contributed by atoms with Gasteiger partial charge in [0.2, 0.25) is 0 Å². The van der Waals surface area contributed by atoms with Gasteiger partial charge in [-0.25, -0.2) is 0 Å². The van der Waals surface area contributed by atoms with Gasteiger partial charge in [0.1, 0.15) is 0 Å². The van der Waals surface area contributed by atoms with Crippen molar-refractivity contribution in [2.75, 3.05) is 31.2 Å². The van der Waals surface area contributed by atoms with Crippen LogP contribution in [0.4, 0.5) is 9.39 Å². The summed E-state index contributed by atoms with van der Waals surface area (Å²) in [5.74, 6) is 0. The van der Waals surface area contributed by atoms with Gasteiger partial charge in [-0.15, -0.1) is 11.3 Å². The molecule has 1 saturated heterocycles. The highest BCUT2D eigenvalue weighted by atomic mass is 32.1. The van der Waals surface area contributed by atoms with Crippen molar-refractivity contribution < 1.29 is 9.13 Å². The van der Waals surface area contributed by atoms with Crippen molar-refractivity contribution in [3.8, 4) is 10.4 Å². The van der Waals surface area contributed by atoms with Crippen LogP contribution in [-0.4, -0.2) is 26.3 Å². The molecule has 2 aromatic heterocycles. The number of aryl methyl sites for hydroxylation is 1. The molecule has 1 fully saturated rings. The summed E-state index contributed by atoms with van der Waals surface area (Å²) in [6.07, 6.45) is 0. The Balaban J connectivity index is 0.000000141. The van der Waals surface area contributed by atoms with Gasteiger partial charge >= 0.3 is 0 Å². The average molecular weight is 362 g/mol. The van der Waals surface area contributed by atoms with Gasteiger partial charge < -0.3 is 9.64 Å². The number of thiophene rings is 2. The fourth-order valence-electron chi connectivity index (χ4n) is 2.45. The summed E-state index contributed by atoms with van der Waals surface area (Å²) in [5, 5.41) is 0.896. The van der Waals surface area contributed by atoms with Crippen LogP contribution >= 0.6 is 22.7 Å². The van der Waals surface area contributed by atoms with E-state index < -0.39 is 0 Å². The van der Waals surface area contributed by atoms with Gasteiger partial charge in [0, 0.05) is 22.8 Å². The molecule has 0 aliphatic carbocycles. The van der Waals surface area contributed by atoms with Gasteiger partial charge in [0.25, 0.3) is 0 Å². The Hall–Kier alpha value is -1.69. The van der Waals surface area contributed by atoms with Gasteiger partial charge in [0.15, 0.2) is 5.13 Å². The molecule has 1 aliphatic heterocycles. The zero-order chi connectivity index (χ0) is 16.8. The normalized spacial score (nSPS) is 14.2. The Morgan fingerprint density at radius 1 is 0.917 bits per heavy atom. The molecule has 0 amide bonds. The molecular formula is C19H20FNOS2. The Labute approximate surface area is 150 Å². The van der Waals surface area contributed by atoms with Gasteiger partial charge in [-0.1, -0.05) is 41.7 Å². The van der Waals surface area contributed by atoms with Gasteiger partial charge in [-0.2, -0.15) is 4.39 Å². The number of morpholine rings is 1. The smallest absolute Gasteiger partial charge is 0.178 e. The van der Waals surface area contributed by atoms with Crippen molar-refractivity contribution in [1.82, 2.24) is 0 Å². The molecule has 2 nitrogen and oxygen atoms in total. The largest absolute Gasteiger partial charge is 0.378 e. The summed E-state index contributed by atoms with van der Waals surface area (Å²) in [6, 6.07) is 18.2. The summed E-state index contributed by atoms with van der Waals surface area (Å²) in [7, 11) is 0. The summed E-state index contributed by atoms with van der Waals surface area (Å²) < 4.78 is 17.8. The number of rotatable bonds is 2. The molecule has 4 rings (SSSR count). The first-order valence-corrected chi connectivity index (χ1v) is 9.55. The number of benzene rings is 1. The van der Waals surface area contributed by atoms with Crippen LogP contribution in [0.2, 0.25) is 0 Å². The maximum absolute atomic E-state index is 12.6. The van der Waals surface area contributed by atoms with E-state index in [1.807, 2.05) is 23.5 Å². The predicted molar refractivity (Wildman–Crippen MR) is 102 cm³/mol. The fraction of sp³-hybridized carbons (Fsp3) is 0.263. The second-order valence-electron chi connectivity index (χ2n) is 5.45. The summed E-state index contributed by atoms with van der Waals surface area (Å²) in [4.78, 5) is 4.87. The third-order valence-corrected chi connectivity index (χ3v) is 5.66. The van der Waals surface area contributed by atoms with Crippen LogP contribution in [0.5, 0.6) is 0 Å². The molecule has 0 saturated carbocycles. The highest BCUT2D eigenvalue weighted by Crippen LogP contribution is 2.27. The molecule has 0 atom stereocenters. The molecule has 0 spiro atoms. The highest BCUT2D eigenvalue weighted by molar-refractivity contribution is 7.15. The molecule has 5 heteroatoms. The first-order valence-electron chi connectivity index (χ1n) is 7.92. The van der Waals surface area contributed by atoms with Crippen LogP contribution < -0.4 is 4.90 Å². The van der Waals surface area contributed by atoms with Crippen LogP contribution in [0.15, 0.2) is 54.6 Å². The third kappa shape index (κ3) is 4.66. The Kier molecular flexibility index (Phi) is 6.01.